The minimum atomic E-state index is 0.0296. The molecule has 0 bridgehead atoms. The molecule has 0 atom stereocenters. The highest BCUT2D eigenvalue weighted by molar-refractivity contribution is 14.1. The van der Waals surface area contributed by atoms with Gasteiger partial charge in [0, 0.05) is 16.5 Å². The Balaban J connectivity index is 1.68. The van der Waals surface area contributed by atoms with E-state index in [0.717, 1.165) is 54.9 Å². The molecule has 1 aliphatic heterocycles. The molecule has 0 unspecified atom stereocenters. The minimum Gasteiger partial charge on any atom is -0.370 e. The van der Waals surface area contributed by atoms with E-state index in [9.17, 15) is 4.79 Å². The van der Waals surface area contributed by atoms with Gasteiger partial charge in [-0.1, -0.05) is 12.1 Å². The van der Waals surface area contributed by atoms with E-state index in [1.165, 1.54) is 0 Å². The molecule has 0 spiro atoms. The summed E-state index contributed by atoms with van der Waals surface area (Å²) in [6.45, 7) is 5.76. The summed E-state index contributed by atoms with van der Waals surface area (Å²) in [5, 5.41) is 2.99. The standard InChI is InChI=1S/C14H19IN2O2/c15-13-5-2-1-4-12(13)14(18)16-6-3-7-17-8-10-19-11-9-17/h1-2,4-5H,3,6-11H2,(H,16,18)/p+1. The molecule has 1 heterocycles. The van der Waals surface area contributed by atoms with E-state index in [1.54, 1.807) is 4.90 Å². The second kappa shape index (κ2) is 7.81. The van der Waals surface area contributed by atoms with Crippen LogP contribution < -0.4 is 10.2 Å². The van der Waals surface area contributed by atoms with Crippen LogP contribution >= 0.6 is 22.6 Å². The second-order valence-corrected chi connectivity index (χ2v) is 5.86. The van der Waals surface area contributed by atoms with Gasteiger partial charge in [0.25, 0.3) is 5.91 Å². The number of morpholine rings is 1. The SMILES string of the molecule is O=C(NCCC[NH+]1CCOCC1)c1ccccc1I. The quantitative estimate of drug-likeness (QED) is 0.576. The van der Waals surface area contributed by atoms with Gasteiger partial charge in [0.15, 0.2) is 0 Å². The number of amides is 1. The van der Waals surface area contributed by atoms with Crippen LogP contribution in [0.5, 0.6) is 0 Å². The number of hydrogen-bond acceptors (Lipinski definition) is 2. The summed E-state index contributed by atoms with van der Waals surface area (Å²) in [5.74, 6) is 0.0296. The van der Waals surface area contributed by atoms with Crippen LogP contribution in [0.3, 0.4) is 0 Å². The predicted octanol–water partition coefficient (Wildman–Crippen LogP) is 0.326. The van der Waals surface area contributed by atoms with Crippen molar-refractivity contribution in [1.29, 1.82) is 0 Å². The van der Waals surface area contributed by atoms with E-state index in [1.807, 2.05) is 24.3 Å². The number of carbonyl (C=O) groups excluding carboxylic acids is 1. The number of halogens is 1. The molecule has 104 valence electrons. The normalized spacial score (nSPS) is 16.3. The van der Waals surface area contributed by atoms with Gasteiger partial charge in [0.05, 0.1) is 25.3 Å². The van der Waals surface area contributed by atoms with E-state index in [-0.39, 0.29) is 5.91 Å². The molecule has 0 aliphatic carbocycles. The Morgan fingerprint density at radius 2 is 2.05 bits per heavy atom. The maximum absolute atomic E-state index is 12.0. The van der Waals surface area contributed by atoms with Crippen LogP contribution in [-0.4, -0.2) is 45.3 Å². The third kappa shape index (κ3) is 4.74. The Kier molecular flexibility index (Phi) is 6.06. The number of ether oxygens (including phenoxy) is 1. The van der Waals surface area contributed by atoms with E-state index >= 15 is 0 Å². The maximum Gasteiger partial charge on any atom is 0.252 e. The van der Waals surface area contributed by atoms with Crippen molar-refractivity contribution in [3.05, 3.63) is 33.4 Å². The molecule has 0 radical (unpaired) electrons. The minimum absolute atomic E-state index is 0.0296. The van der Waals surface area contributed by atoms with E-state index in [4.69, 9.17) is 4.74 Å². The van der Waals surface area contributed by atoms with Crippen LogP contribution in [0.1, 0.15) is 16.8 Å². The van der Waals surface area contributed by atoms with Gasteiger partial charge in [-0.2, -0.15) is 0 Å². The van der Waals surface area contributed by atoms with Crippen molar-refractivity contribution in [2.24, 2.45) is 0 Å². The molecule has 1 fully saturated rings. The van der Waals surface area contributed by atoms with Crippen LogP contribution in [0, 0.1) is 3.57 Å². The molecule has 0 saturated carbocycles. The number of carbonyl (C=O) groups is 1. The van der Waals surface area contributed by atoms with Crippen LogP contribution in [0.25, 0.3) is 0 Å². The zero-order valence-corrected chi connectivity index (χ0v) is 13.1. The van der Waals surface area contributed by atoms with Gasteiger partial charge in [-0.15, -0.1) is 0 Å². The van der Waals surface area contributed by atoms with Crippen molar-refractivity contribution in [2.75, 3.05) is 39.4 Å². The Morgan fingerprint density at radius 1 is 1.32 bits per heavy atom. The summed E-state index contributed by atoms with van der Waals surface area (Å²) >= 11 is 2.19. The van der Waals surface area contributed by atoms with E-state index in [0.29, 0.717) is 0 Å². The van der Waals surface area contributed by atoms with E-state index < -0.39 is 0 Å². The molecular formula is C14H20IN2O2+. The molecule has 1 aliphatic rings. The predicted molar refractivity (Wildman–Crippen MR) is 82.5 cm³/mol. The van der Waals surface area contributed by atoms with E-state index in [2.05, 4.69) is 27.9 Å². The van der Waals surface area contributed by atoms with Gasteiger partial charge in [0.2, 0.25) is 0 Å². The van der Waals surface area contributed by atoms with Gasteiger partial charge in [-0.05, 0) is 34.7 Å². The molecule has 4 nitrogen and oxygen atoms in total. The molecule has 19 heavy (non-hydrogen) atoms. The van der Waals surface area contributed by atoms with Crippen molar-refractivity contribution < 1.29 is 14.4 Å². The highest BCUT2D eigenvalue weighted by atomic mass is 127. The Bertz CT molecular complexity index is 420. The third-order valence-corrected chi connectivity index (χ3v) is 4.25. The summed E-state index contributed by atoms with van der Waals surface area (Å²) in [6, 6.07) is 7.66. The van der Waals surface area contributed by atoms with Crippen LogP contribution in [0.4, 0.5) is 0 Å². The maximum atomic E-state index is 12.0. The van der Waals surface area contributed by atoms with Crippen molar-refractivity contribution in [2.45, 2.75) is 6.42 Å². The lowest BCUT2D eigenvalue weighted by Gasteiger charge is -2.23. The molecular weight excluding hydrogens is 355 g/mol. The average molecular weight is 375 g/mol. The molecule has 1 amide bonds. The summed E-state index contributed by atoms with van der Waals surface area (Å²) in [4.78, 5) is 13.6. The van der Waals surface area contributed by atoms with Gasteiger partial charge >= 0.3 is 0 Å². The highest BCUT2D eigenvalue weighted by Crippen LogP contribution is 2.10. The summed E-state index contributed by atoms with van der Waals surface area (Å²) < 4.78 is 6.32. The molecule has 1 aromatic rings. The first kappa shape index (κ1) is 14.7. The first-order valence-electron chi connectivity index (χ1n) is 6.71. The van der Waals surface area contributed by atoms with Crippen molar-refractivity contribution in [3.63, 3.8) is 0 Å². The van der Waals surface area contributed by atoms with Crippen molar-refractivity contribution in [1.82, 2.24) is 5.32 Å². The molecule has 5 heteroatoms. The number of benzene rings is 1. The van der Waals surface area contributed by atoms with Crippen LogP contribution in [-0.2, 0) is 4.74 Å². The molecule has 2 N–H and O–H groups in total. The lowest BCUT2D eigenvalue weighted by Crippen LogP contribution is -3.14. The largest absolute Gasteiger partial charge is 0.370 e. The fourth-order valence-electron chi connectivity index (χ4n) is 2.19. The van der Waals surface area contributed by atoms with Crippen LogP contribution in [0.15, 0.2) is 24.3 Å². The molecule has 1 saturated heterocycles. The lowest BCUT2D eigenvalue weighted by molar-refractivity contribution is -0.908. The van der Waals surface area contributed by atoms with Gasteiger partial charge in [-0.25, -0.2) is 0 Å². The number of hydrogen-bond donors (Lipinski definition) is 2. The smallest absolute Gasteiger partial charge is 0.252 e. The Morgan fingerprint density at radius 3 is 2.79 bits per heavy atom. The first-order valence-corrected chi connectivity index (χ1v) is 7.79. The fraction of sp³-hybridized carbons (Fsp3) is 0.500. The Labute approximate surface area is 127 Å². The van der Waals surface area contributed by atoms with Gasteiger partial charge in [0.1, 0.15) is 13.1 Å². The summed E-state index contributed by atoms with van der Waals surface area (Å²) in [6.07, 6.45) is 1.02. The fourth-order valence-corrected chi connectivity index (χ4v) is 2.82. The molecule has 0 aromatic heterocycles. The van der Waals surface area contributed by atoms with Crippen molar-refractivity contribution in [3.8, 4) is 0 Å². The number of quaternary nitrogens is 1. The monoisotopic (exact) mass is 375 g/mol. The summed E-state index contributed by atoms with van der Waals surface area (Å²) in [7, 11) is 0. The first-order chi connectivity index (χ1) is 9.27. The lowest BCUT2D eigenvalue weighted by atomic mass is 10.2. The Hall–Kier alpha value is -0.660. The van der Waals surface area contributed by atoms with Crippen molar-refractivity contribution >= 4 is 28.5 Å². The zero-order chi connectivity index (χ0) is 13.5. The second-order valence-electron chi connectivity index (χ2n) is 4.70. The zero-order valence-electron chi connectivity index (χ0n) is 11.0. The molecule has 2 rings (SSSR count). The third-order valence-electron chi connectivity index (χ3n) is 3.31. The molecule has 1 aromatic carbocycles. The summed E-state index contributed by atoms with van der Waals surface area (Å²) in [5.41, 5.74) is 0.766. The van der Waals surface area contributed by atoms with Crippen LogP contribution in [0.2, 0.25) is 0 Å². The number of nitrogens with one attached hydrogen (secondary N) is 2. The average Bonchev–Trinajstić information content (AvgIpc) is 2.45. The van der Waals surface area contributed by atoms with Gasteiger partial charge < -0.3 is 15.0 Å². The highest BCUT2D eigenvalue weighted by Gasteiger charge is 2.13. The van der Waals surface area contributed by atoms with Gasteiger partial charge in [-0.3, -0.25) is 4.79 Å². The topological polar surface area (TPSA) is 42.8 Å². The number of rotatable bonds is 5.